The fraction of sp³-hybridized carbons (Fsp3) is 0.364. The van der Waals surface area contributed by atoms with E-state index in [4.69, 9.17) is 10.2 Å². The normalized spacial score (nSPS) is 14.8. The second-order valence-corrected chi connectivity index (χ2v) is 3.68. The van der Waals surface area contributed by atoms with E-state index in [2.05, 4.69) is 4.74 Å². The van der Waals surface area contributed by atoms with E-state index < -0.39 is 35.5 Å². The van der Waals surface area contributed by atoms with Crippen molar-refractivity contribution in [3.63, 3.8) is 0 Å². The molecule has 0 aliphatic carbocycles. The van der Waals surface area contributed by atoms with Crippen LogP contribution in [0, 0.1) is 0 Å². The van der Waals surface area contributed by atoms with Gasteiger partial charge in [0.1, 0.15) is 11.9 Å². The molecular weight excluding hydrogens is 269 g/mol. The summed E-state index contributed by atoms with van der Waals surface area (Å²) in [7, 11) is 1.16. The maximum atomic E-state index is 12.8. The van der Waals surface area contributed by atoms with Crippen LogP contribution in [-0.4, -0.2) is 34.5 Å². The minimum absolute atomic E-state index is 0.104. The van der Waals surface area contributed by atoms with Gasteiger partial charge in [-0.3, -0.25) is 0 Å². The number of hydrogen-bond donors (Lipinski definition) is 3. The Hall–Kier alpha value is -1.80. The van der Waals surface area contributed by atoms with Crippen LogP contribution in [0.5, 0.6) is 5.75 Å². The number of aliphatic hydroxyl groups is 2. The molecule has 8 heteroatoms. The number of ether oxygens (including phenoxy) is 1. The largest absolute Gasteiger partial charge is 0.497 e. The molecule has 19 heavy (non-hydrogen) atoms. The summed E-state index contributed by atoms with van der Waals surface area (Å²) in [6.07, 6.45) is -9.36. The highest BCUT2D eigenvalue weighted by molar-refractivity contribution is 5.73. The predicted molar refractivity (Wildman–Crippen MR) is 56.6 cm³/mol. The first-order chi connectivity index (χ1) is 8.68. The van der Waals surface area contributed by atoms with Crippen molar-refractivity contribution in [3.05, 3.63) is 29.3 Å². The average molecular weight is 280 g/mol. The third-order valence-electron chi connectivity index (χ3n) is 2.44. The highest BCUT2D eigenvalue weighted by Gasteiger charge is 2.38. The van der Waals surface area contributed by atoms with E-state index in [1.54, 1.807) is 0 Å². The highest BCUT2D eigenvalue weighted by atomic mass is 19.4. The van der Waals surface area contributed by atoms with Crippen LogP contribution in [0.2, 0.25) is 0 Å². The lowest BCUT2D eigenvalue weighted by atomic mass is 9.98. The smallest absolute Gasteiger partial charge is 0.416 e. The van der Waals surface area contributed by atoms with Gasteiger partial charge in [-0.15, -0.1) is 0 Å². The quantitative estimate of drug-likeness (QED) is 0.771. The van der Waals surface area contributed by atoms with Crippen molar-refractivity contribution in [3.8, 4) is 5.75 Å². The fourth-order valence-corrected chi connectivity index (χ4v) is 1.47. The molecule has 1 rings (SSSR count). The van der Waals surface area contributed by atoms with Crippen LogP contribution in [0.25, 0.3) is 0 Å². The lowest BCUT2D eigenvalue weighted by molar-refractivity contribution is -0.155. The molecule has 1 aromatic rings. The number of benzene rings is 1. The first-order valence-electron chi connectivity index (χ1n) is 5.02. The molecule has 0 aliphatic rings. The van der Waals surface area contributed by atoms with Crippen LogP contribution in [0.15, 0.2) is 18.2 Å². The van der Waals surface area contributed by atoms with Gasteiger partial charge in [-0.1, -0.05) is 6.07 Å². The molecule has 1 aromatic carbocycles. The van der Waals surface area contributed by atoms with Crippen LogP contribution in [-0.2, 0) is 11.0 Å². The predicted octanol–water partition coefficient (Wildman–Crippen LogP) is 1.19. The average Bonchev–Trinajstić information content (AvgIpc) is 2.35. The Kier molecular flexibility index (Phi) is 4.38. The maximum Gasteiger partial charge on any atom is 0.416 e. The molecule has 0 bridgehead atoms. The number of rotatable bonds is 4. The SMILES string of the molecule is COc1ccc(C(O)C(O)C(=O)O)c(C(F)(F)F)c1. The van der Waals surface area contributed by atoms with E-state index in [9.17, 15) is 23.1 Å². The highest BCUT2D eigenvalue weighted by Crippen LogP contribution is 2.37. The maximum absolute atomic E-state index is 12.8. The van der Waals surface area contributed by atoms with Gasteiger partial charge in [0.15, 0.2) is 6.10 Å². The summed E-state index contributed by atoms with van der Waals surface area (Å²) >= 11 is 0. The molecule has 2 unspecified atom stereocenters. The molecule has 0 amide bonds. The van der Waals surface area contributed by atoms with Gasteiger partial charge in [-0.2, -0.15) is 13.2 Å². The summed E-state index contributed by atoms with van der Waals surface area (Å²) < 4.78 is 43.0. The molecule has 2 atom stereocenters. The van der Waals surface area contributed by atoms with Crippen molar-refractivity contribution in [1.29, 1.82) is 0 Å². The monoisotopic (exact) mass is 280 g/mol. The molecule has 0 heterocycles. The molecule has 0 spiro atoms. The zero-order valence-electron chi connectivity index (χ0n) is 9.68. The Labute approximate surface area is 105 Å². The van der Waals surface area contributed by atoms with Crippen molar-refractivity contribution in [2.75, 3.05) is 7.11 Å². The molecule has 5 nitrogen and oxygen atoms in total. The van der Waals surface area contributed by atoms with Crippen molar-refractivity contribution < 1.29 is 38.0 Å². The Bertz CT molecular complexity index is 472. The number of hydrogen-bond acceptors (Lipinski definition) is 4. The topological polar surface area (TPSA) is 87.0 Å². The molecule has 0 radical (unpaired) electrons. The molecule has 0 aliphatic heterocycles. The Morgan fingerprint density at radius 3 is 2.32 bits per heavy atom. The van der Waals surface area contributed by atoms with Crippen LogP contribution in [0.1, 0.15) is 17.2 Å². The second kappa shape index (κ2) is 5.45. The lowest BCUT2D eigenvalue weighted by Crippen LogP contribution is -2.29. The molecule has 3 N–H and O–H groups in total. The first-order valence-corrected chi connectivity index (χ1v) is 5.02. The summed E-state index contributed by atoms with van der Waals surface area (Å²) in [6.45, 7) is 0. The summed E-state index contributed by atoms with van der Waals surface area (Å²) in [4.78, 5) is 10.5. The van der Waals surface area contributed by atoms with Gasteiger partial charge in [0, 0.05) is 0 Å². The molecule has 0 aromatic heterocycles. The molecule has 0 fully saturated rings. The summed E-state index contributed by atoms with van der Waals surface area (Å²) in [5, 5.41) is 27.1. The Morgan fingerprint density at radius 2 is 1.89 bits per heavy atom. The third kappa shape index (κ3) is 3.36. The van der Waals surface area contributed by atoms with E-state index in [-0.39, 0.29) is 5.75 Å². The van der Waals surface area contributed by atoms with E-state index in [1.807, 2.05) is 0 Å². The number of carboxylic acid groups (broad SMARTS) is 1. The van der Waals surface area contributed by atoms with Crippen molar-refractivity contribution >= 4 is 5.97 Å². The van der Waals surface area contributed by atoms with Crippen LogP contribution < -0.4 is 4.74 Å². The van der Waals surface area contributed by atoms with Crippen LogP contribution in [0.4, 0.5) is 13.2 Å². The Balaban J connectivity index is 3.31. The number of methoxy groups -OCH3 is 1. The molecule has 106 valence electrons. The number of carboxylic acids is 1. The second-order valence-electron chi connectivity index (χ2n) is 3.68. The number of carbonyl (C=O) groups is 1. The van der Waals surface area contributed by atoms with Crippen molar-refractivity contribution in [2.24, 2.45) is 0 Å². The molecular formula is C11H11F3O5. The van der Waals surface area contributed by atoms with E-state index in [0.717, 1.165) is 19.2 Å². The van der Waals surface area contributed by atoms with E-state index in [0.29, 0.717) is 6.07 Å². The summed E-state index contributed by atoms with van der Waals surface area (Å²) in [5.41, 5.74) is -2.00. The van der Waals surface area contributed by atoms with Gasteiger partial charge in [-0.05, 0) is 17.7 Å². The number of aliphatic hydroxyl groups excluding tert-OH is 2. The number of alkyl halides is 3. The van der Waals surface area contributed by atoms with Gasteiger partial charge in [0.2, 0.25) is 0 Å². The van der Waals surface area contributed by atoms with Crippen molar-refractivity contribution in [2.45, 2.75) is 18.4 Å². The van der Waals surface area contributed by atoms with E-state index in [1.165, 1.54) is 0 Å². The molecule has 0 saturated carbocycles. The van der Waals surface area contributed by atoms with Crippen molar-refractivity contribution in [1.82, 2.24) is 0 Å². The van der Waals surface area contributed by atoms with E-state index >= 15 is 0 Å². The zero-order chi connectivity index (χ0) is 14.8. The Morgan fingerprint density at radius 1 is 1.32 bits per heavy atom. The first kappa shape index (κ1) is 15.3. The summed E-state index contributed by atoms with van der Waals surface area (Å²) in [6, 6.07) is 2.61. The van der Waals surface area contributed by atoms with Gasteiger partial charge >= 0.3 is 12.1 Å². The van der Waals surface area contributed by atoms with Crippen LogP contribution >= 0.6 is 0 Å². The van der Waals surface area contributed by atoms with Crippen LogP contribution in [0.3, 0.4) is 0 Å². The lowest BCUT2D eigenvalue weighted by Gasteiger charge is -2.20. The minimum Gasteiger partial charge on any atom is -0.497 e. The van der Waals surface area contributed by atoms with Gasteiger partial charge in [0.25, 0.3) is 0 Å². The molecule has 0 saturated heterocycles. The zero-order valence-corrected chi connectivity index (χ0v) is 9.68. The third-order valence-corrected chi connectivity index (χ3v) is 2.44. The minimum atomic E-state index is -4.82. The number of aliphatic carboxylic acids is 1. The number of halogens is 3. The fourth-order valence-electron chi connectivity index (χ4n) is 1.47. The summed E-state index contributed by atoms with van der Waals surface area (Å²) in [5.74, 6) is -1.93. The van der Waals surface area contributed by atoms with Gasteiger partial charge < -0.3 is 20.1 Å². The van der Waals surface area contributed by atoms with Gasteiger partial charge in [-0.25, -0.2) is 4.79 Å². The van der Waals surface area contributed by atoms with Gasteiger partial charge in [0.05, 0.1) is 12.7 Å². The standard InChI is InChI=1S/C11H11F3O5/c1-19-5-2-3-6(7(4-5)11(12,13)14)8(15)9(16)10(17)18/h2-4,8-9,15-16H,1H3,(H,17,18).